The van der Waals surface area contributed by atoms with Gasteiger partial charge in [0.15, 0.2) is 5.82 Å². The van der Waals surface area contributed by atoms with Gasteiger partial charge in [-0.3, -0.25) is 4.68 Å². The first kappa shape index (κ1) is 23.9. The summed E-state index contributed by atoms with van der Waals surface area (Å²) in [5.41, 5.74) is 10.4. The minimum atomic E-state index is -0.256. The van der Waals surface area contributed by atoms with Crippen LogP contribution in [-0.2, 0) is 6.42 Å². The highest BCUT2D eigenvalue weighted by atomic mass is 16.3. The quantitative estimate of drug-likeness (QED) is 0.490. The van der Waals surface area contributed by atoms with E-state index < -0.39 is 0 Å². The molecular formula is C26H38N8O. The molecule has 0 aromatic carbocycles. The van der Waals surface area contributed by atoms with Gasteiger partial charge in [-0.25, -0.2) is 15.0 Å². The van der Waals surface area contributed by atoms with Crippen molar-refractivity contribution in [3.05, 3.63) is 24.3 Å². The van der Waals surface area contributed by atoms with Gasteiger partial charge in [-0.05, 0) is 58.8 Å². The first-order chi connectivity index (χ1) is 16.9. The van der Waals surface area contributed by atoms with Gasteiger partial charge in [0, 0.05) is 48.7 Å². The second kappa shape index (κ2) is 10.1. The lowest BCUT2D eigenvalue weighted by molar-refractivity contribution is 0.124. The van der Waals surface area contributed by atoms with Crippen LogP contribution in [-0.4, -0.2) is 66.0 Å². The van der Waals surface area contributed by atoms with E-state index in [4.69, 9.17) is 20.8 Å². The Balaban J connectivity index is 1.46. The maximum Gasteiger partial charge on any atom is 0.151 e. The van der Waals surface area contributed by atoms with Gasteiger partial charge in [-0.15, -0.1) is 0 Å². The summed E-state index contributed by atoms with van der Waals surface area (Å²) in [4.78, 5) is 16.9. The Labute approximate surface area is 207 Å². The number of nitrogen functional groups attached to an aromatic ring is 1. The number of nitrogens with one attached hydrogen (secondary N) is 1. The minimum absolute atomic E-state index is 0.192. The van der Waals surface area contributed by atoms with E-state index in [1.165, 1.54) is 0 Å². The molecule has 0 radical (unpaired) electrons. The van der Waals surface area contributed by atoms with E-state index in [1.54, 1.807) is 6.20 Å². The van der Waals surface area contributed by atoms with E-state index in [-0.39, 0.29) is 12.1 Å². The number of fused-ring (bicyclic) bond motifs is 1. The average molecular weight is 479 g/mol. The van der Waals surface area contributed by atoms with Gasteiger partial charge in [0.25, 0.3) is 0 Å². The van der Waals surface area contributed by atoms with Crippen molar-refractivity contribution in [3.63, 3.8) is 0 Å². The molecule has 9 heteroatoms. The summed E-state index contributed by atoms with van der Waals surface area (Å²) >= 11 is 0. The average Bonchev–Trinajstić information content (AvgIpc) is 3.34. The number of hydrogen-bond donors (Lipinski definition) is 3. The highest BCUT2D eigenvalue weighted by molar-refractivity contribution is 5.96. The summed E-state index contributed by atoms with van der Waals surface area (Å²) in [5.74, 6) is 1.17. The number of aliphatic hydroxyl groups excluding tert-OH is 1. The van der Waals surface area contributed by atoms with Crippen molar-refractivity contribution >= 4 is 22.7 Å². The Hall–Kier alpha value is -2.78. The standard InChI is InChI=1S/C26H38N8O/c1-4-22-26(30-18-6-5-7-20(35)12-18)32-23-21(14-28-25(27)24(23)31-22)17-13-29-34(15-17)19-8-10-33(11-9-19)16(2)3/h13-16,18-20,35H,4-12H2,1-3H3,(H2,27,28)(H,30,32)/t18-,20+/m1/s1. The number of piperidine rings is 1. The van der Waals surface area contributed by atoms with Crippen molar-refractivity contribution in [1.82, 2.24) is 29.6 Å². The molecule has 1 saturated heterocycles. The maximum absolute atomic E-state index is 10.1. The summed E-state index contributed by atoms with van der Waals surface area (Å²) < 4.78 is 2.10. The molecule has 5 rings (SSSR count). The van der Waals surface area contributed by atoms with Crippen LogP contribution in [0, 0.1) is 0 Å². The van der Waals surface area contributed by atoms with Crippen LogP contribution in [0.4, 0.5) is 11.6 Å². The zero-order valence-electron chi connectivity index (χ0n) is 21.1. The fourth-order valence-corrected chi connectivity index (χ4v) is 5.50. The molecule has 3 aromatic heterocycles. The fourth-order valence-electron chi connectivity index (χ4n) is 5.50. The highest BCUT2D eigenvalue weighted by Gasteiger charge is 2.25. The number of likely N-dealkylation sites (tertiary alicyclic amines) is 1. The van der Waals surface area contributed by atoms with Crippen LogP contribution in [0.2, 0.25) is 0 Å². The fraction of sp³-hybridized carbons (Fsp3) is 0.615. The molecular weight excluding hydrogens is 440 g/mol. The molecule has 1 aliphatic carbocycles. The third-order valence-electron chi connectivity index (χ3n) is 7.64. The van der Waals surface area contributed by atoms with Crippen LogP contribution in [0.3, 0.4) is 0 Å². The normalized spacial score (nSPS) is 22.2. The number of anilines is 2. The molecule has 0 unspecified atom stereocenters. The minimum Gasteiger partial charge on any atom is -0.393 e. The van der Waals surface area contributed by atoms with Gasteiger partial charge < -0.3 is 21.1 Å². The number of pyridine rings is 1. The molecule has 0 bridgehead atoms. The maximum atomic E-state index is 10.1. The van der Waals surface area contributed by atoms with Gasteiger partial charge in [0.05, 0.1) is 24.0 Å². The highest BCUT2D eigenvalue weighted by Crippen LogP contribution is 2.33. The van der Waals surface area contributed by atoms with E-state index >= 15 is 0 Å². The SMILES string of the molecule is CCc1nc2c(N)ncc(-c3cnn(C4CCN(C(C)C)CC4)c3)c2nc1N[C@@H]1CCC[C@H](O)C1. The smallest absolute Gasteiger partial charge is 0.151 e. The number of aliphatic hydroxyl groups is 1. The molecule has 4 N–H and O–H groups in total. The molecule has 2 atom stereocenters. The molecule has 2 aliphatic rings. The predicted molar refractivity (Wildman–Crippen MR) is 139 cm³/mol. The number of aromatic nitrogens is 5. The van der Waals surface area contributed by atoms with E-state index in [0.717, 1.165) is 86.2 Å². The first-order valence-corrected chi connectivity index (χ1v) is 13.1. The van der Waals surface area contributed by atoms with E-state index in [1.807, 2.05) is 6.20 Å². The first-order valence-electron chi connectivity index (χ1n) is 13.1. The number of nitrogens with zero attached hydrogens (tertiary/aromatic N) is 6. The van der Waals surface area contributed by atoms with Crippen LogP contribution < -0.4 is 11.1 Å². The second-order valence-corrected chi connectivity index (χ2v) is 10.4. The van der Waals surface area contributed by atoms with E-state index in [2.05, 4.69) is 46.9 Å². The number of aryl methyl sites for hydroxylation is 1. The lowest BCUT2D eigenvalue weighted by Crippen LogP contribution is -2.39. The Morgan fingerprint density at radius 2 is 1.91 bits per heavy atom. The molecule has 2 fully saturated rings. The van der Waals surface area contributed by atoms with Gasteiger partial charge >= 0.3 is 0 Å². The number of hydrogen-bond acceptors (Lipinski definition) is 8. The number of rotatable bonds is 6. The molecule has 1 saturated carbocycles. The summed E-state index contributed by atoms with van der Waals surface area (Å²) in [7, 11) is 0. The predicted octanol–water partition coefficient (Wildman–Crippen LogP) is 3.79. The number of nitrogens with two attached hydrogens (primary N) is 1. The largest absolute Gasteiger partial charge is 0.393 e. The van der Waals surface area contributed by atoms with Crippen LogP contribution in [0.15, 0.2) is 18.6 Å². The molecule has 3 aromatic rings. The van der Waals surface area contributed by atoms with Crippen LogP contribution in [0.25, 0.3) is 22.2 Å². The topological polar surface area (TPSA) is 118 Å². The van der Waals surface area contributed by atoms with Crippen molar-refractivity contribution in [2.75, 3.05) is 24.1 Å². The third kappa shape index (κ3) is 4.97. The van der Waals surface area contributed by atoms with Gasteiger partial charge in [0.2, 0.25) is 0 Å². The van der Waals surface area contributed by atoms with Crippen molar-refractivity contribution < 1.29 is 5.11 Å². The molecule has 1 aliphatic heterocycles. The van der Waals surface area contributed by atoms with E-state index in [9.17, 15) is 5.11 Å². The summed E-state index contributed by atoms with van der Waals surface area (Å²) in [6, 6.07) is 1.18. The van der Waals surface area contributed by atoms with Gasteiger partial charge in [0.1, 0.15) is 16.9 Å². The van der Waals surface area contributed by atoms with Crippen molar-refractivity contribution in [2.24, 2.45) is 0 Å². The molecule has 188 valence electrons. The monoisotopic (exact) mass is 478 g/mol. The summed E-state index contributed by atoms with van der Waals surface area (Å²) in [6.07, 6.45) is 12.1. The summed E-state index contributed by atoms with van der Waals surface area (Å²) in [6.45, 7) is 8.78. The lowest BCUT2D eigenvalue weighted by Gasteiger charge is -2.34. The Bertz CT molecular complexity index is 1170. The molecule has 35 heavy (non-hydrogen) atoms. The summed E-state index contributed by atoms with van der Waals surface area (Å²) in [5, 5.41) is 18.4. The second-order valence-electron chi connectivity index (χ2n) is 10.4. The lowest BCUT2D eigenvalue weighted by atomic mass is 9.93. The van der Waals surface area contributed by atoms with E-state index in [0.29, 0.717) is 23.4 Å². The van der Waals surface area contributed by atoms with Crippen molar-refractivity contribution in [1.29, 1.82) is 0 Å². The van der Waals surface area contributed by atoms with Crippen LogP contribution in [0.5, 0.6) is 0 Å². The Morgan fingerprint density at radius 3 is 2.63 bits per heavy atom. The van der Waals surface area contributed by atoms with Crippen LogP contribution >= 0.6 is 0 Å². The molecule has 0 spiro atoms. The molecule has 4 heterocycles. The Kier molecular flexibility index (Phi) is 6.88. The molecule has 9 nitrogen and oxygen atoms in total. The Morgan fingerprint density at radius 1 is 1.11 bits per heavy atom. The zero-order valence-corrected chi connectivity index (χ0v) is 21.1. The zero-order chi connectivity index (χ0) is 24.5. The van der Waals surface area contributed by atoms with Crippen molar-refractivity contribution in [3.8, 4) is 11.1 Å². The van der Waals surface area contributed by atoms with Gasteiger partial charge in [-0.2, -0.15) is 5.10 Å². The van der Waals surface area contributed by atoms with Gasteiger partial charge in [-0.1, -0.05) is 6.92 Å². The molecule has 0 amide bonds. The third-order valence-corrected chi connectivity index (χ3v) is 7.64. The van der Waals surface area contributed by atoms with Crippen molar-refractivity contribution in [2.45, 2.75) is 89.9 Å². The van der Waals surface area contributed by atoms with Crippen LogP contribution in [0.1, 0.15) is 71.0 Å².